The Hall–Kier alpha value is -1.62. The third-order valence-electron chi connectivity index (χ3n) is 3.82. The van der Waals surface area contributed by atoms with Gasteiger partial charge < -0.3 is 14.5 Å². The number of hydrogen-bond acceptors (Lipinski definition) is 4. The molecule has 1 aromatic rings. The van der Waals surface area contributed by atoms with Gasteiger partial charge in [-0.25, -0.2) is 4.98 Å². The van der Waals surface area contributed by atoms with E-state index in [1.807, 2.05) is 17.0 Å². The minimum absolute atomic E-state index is 0.0964. The van der Waals surface area contributed by atoms with Crippen LogP contribution in [0.15, 0.2) is 18.3 Å². The van der Waals surface area contributed by atoms with Crippen molar-refractivity contribution in [3.8, 4) is 0 Å². The Morgan fingerprint density at radius 3 is 2.50 bits per heavy atom. The smallest absolute Gasteiger partial charge is 0.255 e. The van der Waals surface area contributed by atoms with Crippen molar-refractivity contribution in [2.45, 2.75) is 12.8 Å². The highest BCUT2D eigenvalue weighted by Crippen LogP contribution is 2.16. The molecule has 1 amide bonds. The van der Waals surface area contributed by atoms with Crippen LogP contribution in [0.5, 0.6) is 0 Å². The number of piperidine rings is 1. The van der Waals surface area contributed by atoms with E-state index < -0.39 is 0 Å². The van der Waals surface area contributed by atoms with Gasteiger partial charge in [0.05, 0.1) is 18.8 Å². The summed E-state index contributed by atoms with van der Waals surface area (Å²) in [5.41, 5.74) is 0.684. The van der Waals surface area contributed by atoms with Gasteiger partial charge >= 0.3 is 0 Å². The highest BCUT2D eigenvalue weighted by atomic mass is 16.5. The van der Waals surface area contributed by atoms with Crippen molar-refractivity contribution in [2.75, 3.05) is 44.3 Å². The summed E-state index contributed by atoms with van der Waals surface area (Å²) in [6.45, 7) is 4.86. The summed E-state index contributed by atoms with van der Waals surface area (Å²) < 4.78 is 5.33. The molecule has 0 saturated carbocycles. The van der Waals surface area contributed by atoms with E-state index in [-0.39, 0.29) is 5.91 Å². The predicted octanol–water partition coefficient (Wildman–Crippen LogP) is 1.36. The largest absolute Gasteiger partial charge is 0.378 e. The fraction of sp³-hybridized carbons (Fsp3) is 0.533. The highest BCUT2D eigenvalue weighted by molar-refractivity contribution is 5.94. The summed E-state index contributed by atoms with van der Waals surface area (Å²) in [6.07, 6.45) is 5.92. The van der Waals surface area contributed by atoms with Crippen molar-refractivity contribution in [1.29, 1.82) is 0 Å². The van der Waals surface area contributed by atoms with Gasteiger partial charge in [-0.3, -0.25) is 4.79 Å². The van der Waals surface area contributed by atoms with Crippen molar-refractivity contribution in [3.05, 3.63) is 30.3 Å². The minimum Gasteiger partial charge on any atom is -0.378 e. The van der Waals surface area contributed by atoms with E-state index in [1.165, 1.54) is 0 Å². The number of anilines is 1. The molecule has 2 aliphatic rings. The molecule has 5 nitrogen and oxygen atoms in total. The Balaban J connectivity index is 1.67. The number of rotatable bonds is 2. The lowest BCUT2D eigenvalue weighted by Gasteiger charge is -2.28. The van der Waals surface area contributed by atoms with Crippen LogP contribution in [-0.4, -0.2) is 55.2 Å². The number of pyridine rings is 1. The zero-order valence-corrected chi connectivity index (χ0v) is 11.6. The lowest BCUT2D eigenvalue weighted by Crippen LogP contribution is -2.37. The molecule has 0 bridgehead atoms. The van der Waals surface area contributed by atoms with Crippen LogP contribution in [0.1, 0.15) is 23.2 Å². The minimum atomic E-state index is 0.0964. The summed E-state index contributed by atoms with van der Waals surface area (Å²) in [5.74, 6) is 1.02. The van der Waals surface area contributed by atoms with Gasteiger partial charge in [0, 0.05) is 32.4 Å². The Bertz CT molecular complexity index is 449. The lowest BCUT2D eigenvalue weighted by atomic mass is 10.1. The summed E-state index contributed by atoms with van der Waals surface area (Å²) in [7, 11) is 0. The van der Waals surface area contributed by atoms with Crippen molar-refractivity contribution in [1.82, 2.24) is 9.88 Å². The molecule has 2 aliphatic heterocycles. The maximum Gasteiger partial charge on any atom is 0.255 e. The Morgan fingerprint density at radius 2 is 1.85 bits per heavy atom. The van der Waals surface area contributed by atoms with E-state index in [1.54, 1.807) is 6.20 Å². The maximum atomic E-state index is 12.3. The lowest BCUT2D eigenvalue weighted by molar-refractivity contribution is 0.0741. The molecule has 3 heterocycles. The first-order chi connectivity index (χ1) is 9.84. The van der Waals surface area contributed by atoms with Crippen LogP contribution in [0, 0.1) is 6.42 Å². The summed E-state index contributed by atoms with van der Waals surface area (Å²) in [6, 6.07) is 3.83. The number of carbonyl (C=O) groups is 1. The zero-order valence-electron chi connectivity index (χ0n) is 11.6. The molecule has 0 atom stereocenters. The first-order valence-electron chi connectivity index (χ1n) is 7.24. The molecule has 3 rings (SSSR count). The summed E-state index contributed by atoms with van der Waals surface area (Å²) in [4.78, 5) is 20.9. The average Bonchev–Trinajstić information content (AvgIpc) is 2.56. The molecule has 1 aromatic heterocycles. The van der Waals surface area contributed by atoms with Gasteiger partial charge in [0.25, 0.3) is 5.91 Å². The number of ether oxygens (including phenoxy) is 1. The summed E-state index contributed by atoms with van der Waals surface area (Å²) in [5, 5.41) is 0. The standard InChI is InChI=1S/C15H20N3O2/c19-15(18-6-2-1-3-7-18)13-4-5-14(16-12-13)17-8-10-20-11-9-17/h1,4-5,12H,2-3,6-11H2. The highest BCUT2D eigenvalue weighted by Gasteiger charge is 2.19. The quantitative estimate of drug-likeness (QED) is 0.817. The molecule has 0 spiro atoms. The normalized spacial score (nSPS) is 20.0. The zero-order chi connectivity index (χ0) is 13.8. The third-order valence-corrected chi connectivity index (χ3v) is 3.82. The first kappa shape index (κ1) is 13.4. The maximum absolute atomic E-state index is 12.3. The molecule has 1 radical (unpaired) electrons. The van der Waals surface area contributed by atoms with Gasteiger partial charge in [0.2, 0.25) is 0 Å². The van der Waals surface area contributed by atoms with E-state index in [2.05, 4.69) is 16.3 Å². The van der Waals surface area contributed by atoms with Gasteiger partial charge in [0.15, 0.2) is 0 Å². The third kappa shape index (κ3) is 2.93. The van der Waals surface area contributed by atoms with Crippen molar-refractivity contribution >= 4 is 11.7 Å². The molecule has 0 aliphatic carbocycles. The van der Waals surface area contributed by atoms with Gasteiger partial charge in [0.1, 0.15) is 5.82 Å². The van der Waals surface area contributed by atoms with Crippen LogP contribution in [0.25, 0.3) is 0 Å². The van der Waals surface area contributed by atoms with Crippen molar-refractivity contribution in [3.63, 3.8) is 0 Å². The number of carbonyl (C=O) groups excluding carboxylic acids is 1. The van der Waals surface area contributed by atoms with Gasteiger partial charge in [-0.05, 0) is 31.4 Å². The molecule has 0 aromatic carbocycles. The number of amides is 1. The van der Waals surface area contributed by atoms with Crippen LogP contribution in [0.4, 0.5) is 5.82 Å². The van der Waals surface area contributed by atoms with E-state index in [0.717, 1.165) is 58.1 Å². The molecular weight excluding hydrogens is 254 g/mol. The number of likely N-dealkylation sites (tertiary alicyclic amines) is 1. The number of nitrogens with zero attached hydrogens (tertiary/aromatic N) is 3. The van der Waals surface area contributed by atoms with Gasteiger partial charge in [-0.2, -0.15) is 0 Å². The molecule has 0 N–H and O–H groups in total. The molecule has 2 fully saturated rings. The van der Waals surface area contributed by atoms with E-state index in [9.17, 15) is 4.79 Å². The average molecular weight is 274 g/mol. The van der Waals surface area contributed by atoms with Crippen molar-refractivity contribution in [2.24, 2.45) is 0 Å². The van der Waals surface area contributed by atoms with Crippen LogP contribution < -0.4 is 4.90 Å². The van der Waals surface area contributed by atoms with Gasteiger partial charge in [-0.15, -0.1) is 0 Å². The van der Waals surface area contributed by atoms with Crippen LogP contribution in [0.2, 0.25) is 0 Å². The second-order valence-corrected chi connectivity index (χ2v) is 5.16. The van der Waals surface area contributed by atoms with E-state index >= 15 is 0 Å². The molecule has 2 saturated heterocycles. The molecule has 0 unspecified atom stereocenters. The van der Waals surface area contributed by atoms with Crippen LogP contribution >= 0.6 is 0 Å². The number of hydrogen-bond donors (Lipinski definition) is 0. The number of morpholine rings is 1. The molecular formula is C15H20N3O2. The predicted molar refractivity (Wildman–Crippen MR) is 76.7 cm³/mol. The van der Waals surface area contributed by atoms with Crippen molar-refractivity contribution < 1.29 is 9.53 Å². The fourth-order valence-corrected chi connectivity index (χ4v) is 2.63. The Labute approximate surface area is 119 Å². The van der Waals surface area contributed by atoms with Crippen LogP contribution in [-0.2, 0) is 4.74 Å². The van der Waals surface area contributed by atoms with Crippen LogP contribution in [0.3, 0.4) is 0 Å². The van der Waals surface area contributed by atoms with E-state index in [0.29, 0.717) is 5.56 Å². The fourth-order valence-electron chi connectivity index (χ4n) is 2.63. The Morgan fingerprint density at radius 1 is 1.10 bits per heavy atom. The molecule has 20 heavy (non-hydrogen) atoms. The molecule has 107 valence electrons. The molecule has 5 heteroatoms. The summed E-state index contributed by atoms with van der Waals surface area (Å²) >= 11 is 0. The second-order valence-electron chi connectivity index (χ2n) is 5.16. The Kier molecular flexibility index (Phi) is 4.16. The second kappa shape index (κ2) is 6.22. The van der Waals surface area contributed by atoms with Gasteiger partial charge in [-0.1, -0.05) is 0 Å². The monoisotopic (exact) mass is 274 g/mol. The SMILES string of the molecule is O=C(c1ccc(N2CCOCC2)nc1)N1CC[CH]CC1. The number of aromatic nitrogens is 1. The first-order valence-corrected chi connectivity index (χ1v) is 7.24. The topological polar surface area (TPSA) is 45.7 Å². The van der Waals surface area contributed by atoms with E-state index in [4.69, 9.17) is 4.74 Å².